The van der Waals surface area contributed by atoms with Crippen LogP contribution in [-0.4, -0.2) is 51.3 Å². The van der Waals surface area contributed by atoms with Crippen molar-refractivity contribution in [2.45, 2.75) is 76.7 Å². The number of carbonyl (C=O) groups is 2. The number of aliphatic hydroxyl groups excluding tert-OH is 3. The van der Waals surface area contributed by atoms with E-state index in [1.807, 2.05) is 49.4 Å². The van der Waals surface area contributed by atoms with Crippen LogP contribution in [0.1, 0.15) is 68.1 Å². The van der Waals surface area contributed by atoms with Gasteiger partial charge in [-0.1, -0.05) is 55.8 Å². The lowest BCUT2D eigenvalue weighted by Gasteiger charge is -2.59. The Morgan fingerprint density at radius 3 is 2.66 bits per heavy atom. The molecule has 44 heavy (non-hydrogen) atoms. The largest absolute Gasteiger partial charge is 0.399 e. The maximum Gasteiger partial charge on any atom is 0.193 e. The van der Waals surface area contributed by atoms with Crippen molar-refractivity contribution in [3.05, 3.63) is 88.5 Å². The van der Waals surface area contributed by atoms with E-state index >= 15 is 0 Å². The average molecular weight is 600 g/mol. The standard InChI is InChI=1S/C36H41NO7/c1-34-9-8-26(40)15-24(34)6-7-27-28-16-31-36(30(42)19-39,35(28,2)17-29(41)32(27)34)44-33(43-31)23-5-3-4-20(12-23)10-21-11-22(18-38)14-25(37)13-21/h3-5,8-9,11-15,27-29,31-33,38-39,41H,6-7,10,16-19,37H2,1-2H3/t27-,28-,29-,31+,32+,33+,34-,35-,36+/m0/s1. The van der Waals surface area contributed by atoms with Crippen LogP contribution in [0, 0.1) is 28.6 Å². The molecule has 5 aliphatic rings. The van der Waals surface area contributed by atoms with Crippen molar-refractivity contribution in [2.24, 2.45) is 28.6 Å². The van der Waals surface area contributed by atoms with Crippen molar-refractivity contribution in [3.63, 3.8) is 0 Å². The Balaban J connectivity index is 1.20. The number of fused-ring (bicyclic) bond motifs is 7. The van der Waals surface area contributed by atoms with Gasteiger partial charge in [0.15, 0.2) is 23.5 Å². The first-order valence-corrected chi connectivity index (χ1v) is 15.7. The van der Waals surface area contributed by atoms with Gasteiger partial charge >= 0.3 is 0 Å². The van der Waals surface area contributed by atoms with Crippen LogP contribution < -0.4 is 5.73 Å². The van der Waals surface area contributed by atoms with Gasteiger partial charge in [0.05, 0.1) is 18.8 Å². The van der Waals surface area contributed by atoms with Crippen LogP contribution >= 0.6 is 0 Å². The minimum Gasteiger partial charge on any atom is -0.399 e. The summed E-state index contributed by atoms with van der Waals surface area (Å²) in [7, 11) is 0. The first-order chi connectivity index (χ1) is 21.0. The Hall–Kier alpha value is -3.14. The summed E-state index contributed by atoms with van der Waals surface area (Å²) in [6.45, 7) is 3.41. The molecule has 4 aliphatic carbocycles. The number of rotatable bonds is 6. The first-order valence-electron chi connectivity index (χ1n) is 15.7. The van der Waals surface area contributed by atoms with Gasteiger partial charge in [-0.25, -0.2) is 0 Å². The number of nitrogens with two attached hydrogens (primary N) is 1. The molecule has 0 amide bonds. The third kappa shape index (κ3) is 4.22. The predicted molar refractivity (Wildman–Crippen MR) is 163 cm³/mol. The molecule has 232 valence electrons. The number of aliphatic hydroxyl groups is 3. The number of Topliss-reactive ketones (excluding diaryl/α,β-unsaturated/α-hetero) is 1. The van der Waals surface area contributed by atoms with Crippen molar-refractivity contribution in [2.75, 3.05) is 12.3 Å². The molecule has 0 bridgehead atoms. The lowest BCUT2D eigenvalue weighted by molar-refractivity contribution is -0.201. The normalized spacial score (nSPS) is 38.8. The molecule has 1 aliphatic heterocycles. The lowest BCUT2D eigenvalue weighted by Crippen LogP contribution is -2.63. The van der Waals surface area contributed by atoms with Crippen LogP contribution in [0.4, 0.5) is 5.69 Å². The monoisotopic (exact) mass is 599 g/mol. The zero-order valence-corrected chi connectivity index (χ0v) is 25.2. The average Bonchev–Trinajstić information content (AvgIpc) is 3.50. The predicted octanol–water partition coefficient (Wildman–Crippen LogP) is 3.95. The molecule has 8 nitrogen and oxygen atoms in total. The van der Waals surface area contributed by atoms with E-state index < -0.39 is 47.3 Å². The molecule has 2 aromatic rings. The first kappa shape index (κ1) is 29.6. The summed E-state index contributed by atoms with van der Waals surface area (Å²) in [5.74, 6) is -0.352. The number of hydrogen-bond donors (Lipinski definition) is 4. The van der Waals surface area contributed by atoms with E-state index in [2.05, 4.69) is 6.92 Å². The third-order valence-corrected chi connectivity index (χ3v) is 11.7. The number of nitrogen functional groups attached to an aromatic ring is 1. The number of allylic oxidation sites excluding steroid dienone is 4. The zero-order chi connectivity index (χ0) is 31.0. The lowest BCUT2D eigenvalue weighted by atomic mass is 9.46. The van der Waals surface area contributed by atoms with Gasteiger partial charge in [-0.05, 0) is 84.9 Å². The SMILES string of the molecule is C[C@]12C=CC(=O)C=C1CC[C@@H]1[C@@H]2[C@@H](O)C[C@@]2(C)[C@H]1C[C@H]1O[C@@H](c3cccc(Cc4cc(N)cc(CO)c4)c3)O[C@]12C(=O)CO. The Labute approximate surface area is 257 Å². The van der Waals surface area contributed by atoms with Gasteiger partial charge in [0.1, 0.15) is 6.61 Å². The van der Waals surface area contributed by atoms with Crippen molar-refractivity contribution < 1.29 is 34.4 Å². The summed E-state index contributed by atoms with van der Waals surface area (Å²) in [5.41, 5.74) is 8.66. The van der Waals surface area contributed by atoms with Gasteiger partial charge in [-0.3, -0.25) is 9.59 Å². The van der Waals surface area contributed by atoms with E-state index in [9.17, 15) is 24.9 Å². The van der Waals surface area contributed by atoms with Crippen LogP contribution in [0.5, 0.6) is 0 Å². The number of ketones is 2. The summed E-state index contributed by atoms with van der Waals surface area (Å²) in [5, 5.41) is 31.7. The molecule has 1 saturated heterocycles. The van der Waals surface area contributed by atoms with Gasteiger partial charge in [0.25, 0.3) is 0 Å². The van der Waals surface area contributed by atoms with Crippen LogP contribution in [0.2, 0.25) is 0 Å². The molecule has 0 radical (unpaired) electrons. The van der Waals surface area contributed by atoms with Crippen molar-refractivity contribution in [3.8, 4) is 0 Å². The van der Waals surface area contributed by atoms with Gasteiger partial charge in [-0.2, -0.15) is 0 Å². The maximum absolute atomic E-state index is 13.8. The Bertz CT molecular complexity index is 1580. The van der Waals surface area contributed by atoms with E-state index in [-0.39, 0.29) is 30.1 Å². The smallest absolute Gasteiger partial charge is 0.193 e. The second-order valence-corrected chi connectivity index (χ2v) is 14.0. The number of ether oxygens (including phenoxy) is 2. The minimum atomic E-state index is -1.39. The highest BCUT2D eigenvalue weighted by Crippen LogP contribution is 2.70. The van der Waals surface area contributed by atoms with E-state index in [4.69, 9.17) is 15.2 Å². The van der Waals surface area contributed by atoms with Gasteiger partial charge in [0.2, 0.25) is 0 Å². The maximum atomic E-state index is 13.8. The highest BCUT2D eigenvalue weighted by molar-refractivity contribution is 6.01. The highest BCUT2D eigenvalue weighted by atomic mass is 16.7. The van der Waals surface area contributed by atoms with E-state index in [0.717, 1.165) is 40.7 Å². The molecule has 1 heterocycles. The number of benzene rings is 2. The fourth-order valence-electron chi connectivity index (χ4n) is 9.90. The summed E-state index contributed by atoms with van der Waals surface area (Å²) in [6.07, 6.45) is 6.35. The molecule has 5 N–H and O–H groups in total. The molecule has 3 saturated carbocycles. The van der Waals surface area contributed by atoms with Crippen molar-refractivity contribution in [1.82, 2.24) is 0 Å². The molecule has 7 rings (SSSR count). The van der Waals surface area contributed by atoms with Crippen LogP contribution in [0.25, 0.3) is 0 Å². The van der Waals surface area contributed by atoms with Crippen LogP contribution in [0.15, 0.2) is 66.3 Å². The fourth-order valence-corrected chi connectivity index (χ4v) is 9.90. The topological polar surface area (TPSA) is 139 Å². The molecule has 4 fully saturated rings. The van der Waals surface area contributed by atoms with E-state index in [0.29, 0.717) is 24.9 Å². The molecule has 8 heteroatoms. The molecule has 0 spiro atoms. The summed E-state index contributed by atoms with van der Waals surface area (Å²) in [4.78, 5) is 26.0. The van der Waals surface area contributed by atoms with Gasteiger partial charge < -0.3 is 30.5 Å². The number of anilines is 1. The third-order valence-electron chi connectivity index (χ3n) is 11.7. The molecule has 9 atom stereocenters. The van der Waals surface area contributed by atoms with Crippen LogP contribution in [-0.2, 0) is 32.1 Å². The number of hydrogen-bond acceptors (Lipinski definition) is 8. The molecular weight excluding hydrogens is 558 g/mol. The molecule has 2 aromatic carbocycles. The quantitative estimate of drug-likeness (QED) is 0.366. The van der Waals surface area contributed by atoms with Gasteiger partial charge in [0, 0.05) is 28.0 Å². The number of carbonyl (C=O) groups excluding carboxylic acids is 2. The fraction of sp³-hybridized carbons (Fsp3) is 0.500. The Morgan fingerprint density at radius 1 is 1.09 bits per heavy atom. The second kappa shape index (κ2) is 10.5. The molecule has 0 aromatic heterocycles. The van der Waals surface area contributed by atoms with Crippen molar-refractivity contribution in [1.29, 1.82) is 0 Å². The summed E-state index contributed by atoms with van der Waals surface area (Å²) < 4.78 is 13.4. The van der Waals surface area contributed by atoms with E-state index in [1.54, 1.807) is 18.2 Å². The Kier molecular flexibility index (Phi) is 7.03. The van der Waals surface area contributed by atoms with E-state index in [1.165, 1.54) is 0 Å². The van der Waals surface area contributed by atoms with Crippen molar-refractivity contribution >= 4 is 17.3 Å². The van der Waals surface area contributed by atoms with Gasteiger partial charge in [-0.15, -0.1) is 0 Å². The molecule has 0 unspecified atom stereocenters. The summed E-state index contributed by atoms with van der Waals surface area (Å²) in [6, 6.07) is 13.4. The summed E-state index contributed by atoms with van der Waals surface area (Å²) >= 11 is 0. The Morgan fingerprint density at radius 2 is 1.89 bits per heavy atom. The zero-order valence-electron chi connectivity index (χ0n) is 25.2. The highest BCUT2D eigenvalue weighted by Gasteiger charge is 2.75. The second-order valence-electron chi connectivity index (χ2n) is 14.0. The minimum absolute atomic E-state index is 0.00586. The molecular formula is C36H41NO7. The van der Waals surface area contributed by atoms with Crippen LogP contribution in [0.3, 0.4) is 0 Å².